The standard InChI is InChI=1S/C22H32O2/c1-2-3-4-5-6-7-8-9-10-11-12-13-14-15-16-17-18-19-20-21-22(23)24/h2-6,9-12,15-18,21H2,1H3,(H,23,24). The summed E-state index contributed by atoms with van der Waals surface area (Å²) in [5, 5.41) is 8.43. The number of aliphatic carboxylic acids is 1. The first-order valence-corrected chi connectivity index (χ1v) is 9.36. The molecule has 0 radical (unpaired) electrons. The Morgan fingerprint density at radius 2 is 1.00 bits per heavy atom. The maximum Gasteiger partial charge on any atom is 0.315 e. The summed E-state index contributed by atoms with van der Waals surface area (Å²) in [4.78, 5) is 10.3. The van der Waals surface area contributed by atoms with Gasteiger partial charge >= 0.3 is 5.97 Å². The molecule has 2 heteroatoms. The van der Waals surface area contributed by atoms with Crippen molar-refractivity contribution in [2.45, 2.75) is 96.8 Å². The quantitative estimate of drug-likeness (QED) is 0.398. The van der Waals surface area contributed by atoms with Crippen molar-refractivity contribution in [3.63, 3.8) is 0 Å². The molecule has 1 N–H and O–H groups in total. The van der Waals surface area contributed by atoms with Gasteiger partial charge in [-0.3, -0.25) is 4.79 Å². The normalized spacial score (nSPS) is 9.04. The molecule has 0 aliphatic carbocycles. The first-order valence-electron chi connectivity index (χ1n) is 9.36. The highest BCUT2D eigenvalue weighted by atomic mass is 16.4. The number of carboxylic acid groups (broad SMARTS) is 1. The second kappa shape index (κ2) is 19.2. The number of unbranched alkanes of at least 4 members (excludes halogenated alkanes) is 10. The second-order valence-electron chi connectivity index (χ2n) is 5.86. The molecular weight excluding hydrogens is 296 g/mol. The van der Waals surface area contributed by atoms with Crippen LogP contribution in [0.15, 0.2) is 0 Å². The van der Waals surface area contributed by atoms with Crippen molar-refractivity contribution in [2.24, 2.45) is 0 Å². The monoisotopic (exact) mass is 328 g/mol. The van der Waals surface area contributed by atoms with E-state index >= 15 is 0 Å². The Morgan fingerprint density at radius 3 is 1.38 bits per heavy atom. The van der Waals surface area contributed by atoms with Gasteiger partial charge in [-0.2, -0.15) is 0 Å². The molecule has 0 aromatic carbocycles. The summed E-state index contributed by atoms with van der Waals surface area (Å²) in [6.45, 7) is 2.23. The Morgan fingerprint density at radius 1 is 0.625 bits per heavy atom. The van der Waals surface area contributed by atoms with E-state index in [1.54, 1.807) is 0 Å². The van der Waals surface area contributed by atoms with E-state index in [4.69, 9.17) is 5.11 Å². The first kappa shape index (κ1) is 22.1. The van der Waals surface area contributed by atoms with Crippen LogP contribution in [0.1, 0.15) is 96.8 Å². The van der Waals surface area contributed by atoms with Crippen molar-refractivity contribution >= 4 is 5.97 Å². The summed E-state index contributed by atoms with van der Waals surface area (Å²) in [6.07, 6.45) is 14.2. The van der Waals surface area contributed by atoms with Crippen molar-refractivity contribution in [3.05, 3.63) is 0 Å². The number of carbonyl (C=O) groups is 1. The Labute approximate surface area is 148 Å². The van der Waals surface area contributed by atoms with E-state index in [1.807, 2.05) is 0 Å². The Balaban J connectivity index is 3.32. The fourth-order valence-electron chi connectivity index (χ4n) is 2.07. The van der Waals surface area contributed by atoms with Gasteiger partial charge in [0.15, 0.2) is 0 Å². The predicted molar refractivity (Wildman–Crippen MR) is 101 cm³/mol. The third kappa shape index (κ3) is 20.1. The lowest BCUT2D eigenvalue weighted by Crippen LogP contribution is -1.89. The zero-order chi connectivity index (χ0) is 17.7. The summed E-state index contributed by atoms with van der Waals surface area (Å²) in [5.41, 5.74) is 0. The van der Waals surface area contributed by atoms with E-state index in [9.17, 15) is 4.79 Å². The number of hydrogen-bond acceptors (Lipinski definition) is 1. The fraction of sp³-hybridized carbons (Fsp3) is 0.682. The van der Waals surface area contributed by atoms with Crippen LogP contribution in [0.4, 0.5) is 0 Å². The molecule has 2 nitrogen and oxygen atoms in total. The average Bonchev–Trinajstić information content (AvgIpc) is 2.56. The van der Waals surface area contributed by atoms with Crippen molar-refractivity contribution in [2.75, 3.05) is 0 Å². The van der Waals surface area contributed by atoms with Crippen LogP contribution >= 0.6 is 0 Å². The maximum atomic E-state index is 10.3. The zero-order valence-corrected chi connectivity index (χ0v) is 15.3. The molecule has 0 bridgehead atoms. The van der Waals surface area contributed by atoms with E-state index in [-0.39, 0.29) is 6.42 Å². The highest BCUT2D eigenvalue weighted by Gasteiger charge is 1.88. The van der Waals surface area contributed by atoms with Gasteiger partial charge in [-0.1, -0.05) is 32.1 Å². The molecular formula is C22H32O2. The number of carboxylic acids is 1. The van der Waals surface area contributed by atoms with Gasteiger partial charge in [0.2, 0.25) is 0 Å². The van der Waals surface area contributed by atoms with Gasteiger partial charge in [-0.15, -0.1) is 29.6 Å². The van der Waals surface area contributed by atoms with Gasteiger partial charge in [-0.05, 0) is 32.1 Å². The van der Waals surface area contributed by atoms with Crippen molar-refractivity contribution in [1.29, 1.82) is 0 Å². The third-order valence-corrected chi connectivity index (χ3v) is 3.48. The molecule has 0 aliphatic rings. The van der Waals surface area contributed by atoms with Crippen LogP contribution in [0, 0.1) is 35.5 Å². The molecule has 0 atom stereocenters. The lowest BCUT2D eigenvalue weighted by molar-refractivity contribution is -0.135. The molecule has 0 spiro atoms. The zero-order valence-electron chi connectivity index (χ0n) is 15.3. The van der Waals surface area contributed by atoms with E-state index < -0.39 is 5.97 Å². The summed E-state index contributed by atoms with van der Waals surface area (Å²) in [6, 6.07) is 0. The topological polar surface area (TPSA) is 37.3 Å². The molecule has 0 rings (SSSR count). The maximum absolute atomic E-state index is 10.3. The molecule has 0 amide bonds. The minimum Gasteiger partial charge on any atom is -0.481 e. The van der Waals surface area contributed by atoms with E-state index in [2.05, 4.69) is 42.4 Å². The molecule has 0 saturated carbocycles. The average molecular weight is 328 g/mol. The van der Waals surface area contributed by atoms with Gasteiger partial charge in [-0.25, -0.2) is 0 Å². The molecule has 0 aliphatic heterocycles. The predicted octanol–water partition coefficient (Wildman–Crippen LogP) is 5.56. The number of hydrogen-bond donors (Lipinski definition) is 1. The van der Waals surface area contributed by atoms with Gasteiger partial charge < -0.3 is 5.11 Å². The summed E-state index contributed by atoms with van der Waals surface area (Å²) >= 11 is 0. The number of rotatable bonds is 11. The summed E-state index contributed by atoms with van der Waals surface area (Å²) < 4.78 is 0. The molecule has 0 saturated heterocycles. The van der Waals surface area contributed by atoms with Crippen molar-refractivity contribution in [1.82, 2.24) is 0 Å². The summed E-state index contributed by atoms with van der Waals surface area (Å²) in [5.74, 6) is 17.6. The molecule has 24 heavy (non-hydrogen) atoms. The Kier molecular flexibility index (Phi) is 17.7. The van der Waals surface area contributed by atoms with Crippen LogP contribution in [0.2, 0.25) is 0 Å². The van der Waals surface area contributed by atoms with E-state index in [1.165, 1.54) is 25.7 Å². The highest BCUT2D eigenvalue weighted by molar-refractivity contribution is 5.69. The van der Waals surface area contributed by atoms with Crippen molar-refractivity contribution < 1.29 is 9.90 Å². The van der Waals surface area contributed by atoms with Gasteiger partial charge in [0, 0.05) is 32.1 Å². The van der Waals surface area contributed by atoms with Gasteiger partial charge in [0.25, 0.3) is 0 Å². The molecule has 0 unspecified atom stereocenters. The van der Waals surface area contributed by atoms with Gasteiger partial charge in [0.05, 0.1) is 0 Å². The van der Waals surface area contributed by atoms with E-state index in [0.717, 1.165) is 57.8 Å². The summed E-state index contributed by atoms with van der Waals surface area (Å²) in [7, 11) is 0. The minimum atomic E-state index is -0.855. The Hall–Kier alpha value is -1.85. The molecule has 0 heterocycles. The molecule has 0 aromatic rings. The second-order valence-corrected chi connectivity index (χ2v) is 5.86. The van der Waals surface area contributed by atoms with Crippen LogP contribution < -0.4 is 0 Å². The van der Waals surface area contributed by atoms with Crippen LogP contribution in [-0.4, -0.2) is 11.1 Å². The molecule has 0 fully saturated rings. The van der Waals surface area contributed by atoms with Crippen LogP contribution in [0.3, 0.4) is 0 Å². The van der Waals surface area contributed by atoms with E-state index in [0.29, 0.717) is 0 Å². The van der Waals surface area contributed by atoms with Crippen molar-refractivity contribution in [3.8, 4) is 35.5 Å². The minimum absolute atomic E-state index is 0.0525. The fourth-order valence-corrected chi connectivity index (χ4v) is 2.07. The largest absolute Gasteiger partial charge is 0.481 e. The van der Waals surface area contributed by atoms with Crippen LogP contribution in [0.25, 0.3) is 0 Å². The molecule has 132 valence electrons. The highest BCUT2D eigenvalue weighted by Crippen LogP contribution is 2.02. The van der Waals surface area contributed by atoms with Crippen LogP contribution in [-0.2, 0) is 4.79 Å². The first-order chi connectivity index (χ1) is 11.8. The molecule has 0 aromatic heterocycles. The lowest BCUT2D eigenvalue weighted by atomic mass is 10.1. The Bertz CT molecular complexity index is 485. The van der Waals surface area contributed by atoms with Crippen LogP contribution in [0.5, 0.6) is 0 Å². The van der Waals surface area contributed by atoms with Gasteiger partial charge in [0.1, 0.15) is 6.42 Å². The third-order valence-electron chi connectivity index (χ3n) is 3.48. The lowest BCUT2D eigenvalue weighted by Gasteiger charge is -1.92. The SMILES string of the molecule is CCCCCCC#CCCCCC#CCCCCC#CCC(=O)O. The smallest absolute Gasteiger partial charge is 0.315 e.